The van der Waals surface area contributed by atoms with Gasteiger partial charge in [-0.15, -0.1) is 16.8 Å². The van der Waals surface area contributed by atoms with E-state index in [0.717, 1.165) is 15.2 Å². The molecule has 0 N–H and O–H groups in total. The molecule has 0 aliphatic heterocycles. The molecule has 27 heavy (non-hydrogen) atoms. The molecule has 0 saturated carbocycles. The minimum absolute atomic E-state index is 0.481. The molecule has 0 fully saturated rings. The van der Waals surface area contributed by atoms with Crippen molar-refractivity contribution in [2.75, 3.05) is 0 Å². The average molecular weight is 444 g/mol. The van der Waals surface area contributed by atoms with Crippen LogP contribution in [0.5, 0.6) is 0 Å². The van der Waals surface area contributed by atoms with Crippen LogP contribution in [0.1, 0.15) is 5.89 Å². The van der Waals surface area contributed by atoms with Gasteiger partial charge < -0.3 is 8.94 Å². The number of halogens is 1. The van der Waals surface area contributed by atoms with Crippen molar-refractivity contribution in [2.24, 2.45) is 0 Å². The van der Waals surface area contributed by atoms with E-state index in [4.69, 9.17) is 8.94 Å². The van der Waals surface area contributed by atoms with E-state index in [1.807, 2.05) is 41.0 Å². The van der Waals surface area contributed by atoms with E-state index in [0.29, 0.717) is 35.6 Å². The molecule has 0 unspecified atom stereocenters. The largest absolute Gasteiger partial charge is 0.461 e. The van der Waals surface area contributed by atoms with Crippen LogP contribution in [0.3, 0.4) is 0 Å². The number of thioether (sulfide) groups is 1. The molecule has 3 heterocycles. The van der Waals surface area contributed by atoms with Crippen molar-refractivity contribution >= 4 is 27.7 Å². The van der Waals surface area contributed by atoms with Gasteiger partial charge in [0.25, 0.3) is 0 Å². The Kier molecular flexibility index (Phi) is 5.21. The molecule has 4 aromatic rings. The van der Waals surface area contributed by atoms with Crippen LogP contribution in [0, 0.1) is 0 Å². The summed E-state index contributed by atoms with van der Waals surface area (Å²) in [5.41, 5.74) is 0.888. The fourth-order valence-corrected chi connectivity index (χ4v) is 3.65. The average Bonchev–Trinajstić information content (AvgIpc) is 3.41. The monoisotopic (exact) mass is 443 g/mol. The summed E-state index contributed by atoms with van der Waals surface area (Å²) in [4.78, 5) is 4.45. The molecule has 136 valence electrons. The summed E-state index contributed by atoms with van der Waals surface area (Å²) in [5.74, 6) is 2.86. The molecular weight excluding hydrogens is 430 g/mol. The van der Waals surface area contributed by atoms with E-state index in [2.05, 4.69) is 42.8 Å². The van der Waals surface area contributed by atoms with Crippen LogP contribution in [-0.4, -0.2) is 24.9 Å². The van der Waals surface area contributed by atoms with Crippen molar-refractivity contribution in [1.29, 1.82) is 0 Å². The van der Waals surface area contributed by atoms with Gasteiger partial charge in [0.15, 0.2) is 10.9 Å². The second-order valence-electron chi connectivity index (χ2n) is 5.49. The Bertz CT molecular complexity index is 1060. The third kappa shape index (κ3) is 3.88. The smallest absolute Gasteiger partial charge is 0.237 e. The summed E-state index contributed by atoms with van der Waals surface area (Å²) in [5, 5.41) is 13.3. The van der Waals surface area contributed by atoms with Crippen LogP contribution < -0.4 is 0 Å². The number of furan rings is 1. The zero-order chi connectivity index (χ0) is 18.6. The Hall–Kier alpha value is -2.65. The van der Waals surface area contributed by atoms with Gasteiger partial charge in [-0.3, -0.25) is 4.57 Å². The molecule has 0 atom stereocenters. The number of rotatable bonds is 7. The van der Waals surface area contributed by atoms with Crippen LogP contribution in [0.2, 0.25) is 0 Å². The maximum Gasteiger partial charge on any atom is 0.237 e. The van der Waals surface area contributed by atoms with E-state index in [9.17, 15) is 0 Å². The first-order valence-electron chi connectivity index (χ1n) is 8.04. The molecule has 0 aliphatic carbocycles. The fourth-order valence-electron chi connectivity index (χ4n) is 2.46. The Morgan fingerprint density at radius 3 is 2.93 bits per heavy atom. The summed E-state index contributed by atoms with van der Waals surface area (Å²) >= 11 is 4.91. The molecule has 0 bridgehead atoms. The lowest BCUT2D eigenvalue weighted by atomic mass is 10.2. The molecule has 1 aromatic carbocycles. The Labute approximate surface area is 167 Å². The number of allylic oxidation sites excluding steroid dienone is 1. The third-order valence-corrected chi connectivity index (χ3v) is 5.09. The van der Waals surface area contributed by atoms with Gasteiger partial charge >= 0.3 is 0 Å². The minimum Gasteiger partial charge on any atom is -0.461 e. The lowest BCUT2D eigenvalue weighted by Gasteiger charge is -2.04. The van der Waals surface area contributed by atoms with Gasteiger partial charge in [0, 0.05) is 16.6 Å². The Morgan fingerprint density at radius 2 is 2.15 bits per heavy atom. The molecule has 0 radical (unpaired) electrons. The van der Waals surface area contributed by atoms with Crippen LogP contribution in [0.25, 0.3) is 23.0 Å². The lowest BCUT2D eigenvalue weighted by Crippen LogP contribution is -2.00. The highest BCUT2D eigenvalue weighted by Crippen LogP contribution is 2.27. The fraction of sp³-hybridized carbons (Fsp3) is 0.111. The van der Waals surface area contributed by atoms with Gasteiger partial charge in [0.05, 0.1) is 12.0 Å². The summed E-state index contributed by atoms with van der Waals surface area (Å²) in [7, 11) is 0. The summed E-state index contributed by atoms with van der Waals surface area (Å²) in [6.07, 6.45) is 3.40. The molecular formula is C18H14BrN5O2S. The van der Waals surface area contributed by atoms with Crippen molar-refractivity contribution in [3.63, 3.8) is 0 Å². The van der Waals surface area contributed by atoms with E-state index >= 15 is 0 Å². The van der Waals surface area contributed by atoms with Gasteiger partial charge in [-0.2, -0.15) is 4.98 Å². The first kappa shape index (κ1) is 17.7. The molecule has 0 spiro atoms. The van der Waals surface area contributed by atoms with Crippen LogP contribution in [0.4, 0.5) is 0 Å². The third-order valence-electron chi connectivity index (χ3n) is 3.65. The number of benzene rings is 1. The van der Waals surface area contributed by atoms with E-state index in [1.54, 1.807) is 12.3 Å². The number of aromatic nitrogens is 5. The molecule has 0 saturated heterocycles. The molecule has 3 aromatic heterocycles. The van der Waals surface area contributed by atoms with E-state index in [1.165, 1.54) is 11.8 Å². The van der Waals surface area contributed by atoms with E-state index < -0.39 is 0 Å². The van der Waals surface area contributed by atoms with Crippen LogP contribution in [-0.2, 0) is 12.3 Å². The van der Waals surface area contributed by atoms with Gasteiger partial charge in [0.1, 0.15) is 0 Å². The van der Waals surface area contributed by atoms with Crippen molar-refractivity contribution in [3.05, 3.63) is 65.7 Å². The Balaban J connectivity index is 1.52. The second-order valence-corrected chi connectivity index (χ2v) is 7.35. The molecule has 0 amide bonds. The molecule has 4 rings (SSSR count). The van der Waals surface area contributed by atoms with Gasteiger partial charge in [-0.05, 0) is 24.3 Å². The summed E-state index contributed by atoms with van der Waals surface area (Å²) in [6, 6.07) is 11.4. The van der Waals surface area contributed by atoms with Crippen LogP contribution >= 0.6 is 27.7 Å². The standard InChI is InChI=1S/C18H14BrN5O2S/c1-2-8-24-17(14-7-4-9-25-14)21-22-18(24)27-11-15-20-16(23-26-15)12-5-3-6-13(19)10-12/h2-7,9-10H,1,8,11H2. The highest BCUT2D eigenvalue weighted by Gasteiger charge is 2.17. The highest BCUT2D eigenvalue weighted by atomic mass is 79.9. The molecule has 9 heteroatoms. The summed E-state index contributed by atoms with van der Waals surface area (Å²) < 4.78 is 13.7. The minimum atomic E-state index is 0.481. The van der Waals surface area contributed by atoms with Gasteiger partial charge in [-0.25, -0.2) is 0 Å². The van der Waals surface area contributed by atoms with Crippen molar-refractivity contribution in [3.8, 4) is 23.0 Å². The molecule has 0 aliphatic rings. The van der Waals surface area contributed by atoms with E-state index in [-0.39, 0.29) is 0 Å². The maximum atomic E-state index is 5.43. The normalized spacial score (nSPS) is 11.0. The number of hydrogen-bond acceptors (Lipinski definition) is 7. The second kappa shape index (κ2) is 7.93. The lowest BCUT2D eigenvalue weighted by molar-refractivity contribution is 0.391. The number of hydrogen-bond donors (Lipinski definition) is 0. The van der Waals surface area contributed by atoms with Crippen molar-refractivity contribution < 1.29 is 8.94 Å². The van der Waals surface area contributed by atoms with Crippen LogP contribution in [0.15, 0.2) is 73.9 Å². The quantitative estimate of drug-likeness (QED) is 0.298. The van der Waals surface area contributed by atoms with Crippen molar-refractivity contribution in [1.82, 2.24) is 24.9 Å². The number of nitrogens with zero attached hydrogens (tertiary/aromatic N) is 5. The zero-order valence-corrected chi connectivity index (χ0v) is 16.5. The maximum absolute atomic E-state index is 5.43. The first-order valence-corrected chi connectivity index (χ1v) is 9.82. The SMILES string of the molecule is C=CCn1c(SCc2nc(-c3cccc(Br)c3)no2)nnc1-c1ccco1. The van der Waals surface area contributed by atoms with Crippen molar-refractivity contribution in [2.45, 2.75) is 17.5 Å². The molecule has 7 nitrogen and oxygen atoms in total. The topological polar surface area (TPSA) is 82.8 Å². The highest BCUT2D eigenvalue weighted by molar-refractivity contribution is 9.10. The first-order chi connectivity index (χ1) is 13.2. The van der Waals surface area contributed by atoms with Gasteiger partial charge in [0.2, 0.25) is 17.5 Å². The predicted octanol–water partition coefficient (Wildman–Crippen LogP) is 4.83. The predicted molar refractivity (Wildman–Crippen MR) is 105 cm³/mol. The Morgan fingerprint density at radius 1 is 1.22 bits per heavy atom. The summed E-state index contributed by atoms with van der Waals surface area (Å²) in [6.45, 7) is 4.37. The van der Waals surface area contributed by atoms with Gasteiger partial charge in [-0.1, -0.05) is 51.1 Å². The zero-order valence-electron chi connectivity index (χ0n) is 14.1.